The van der Waals surface area contributed by atoms with Crippen molar-refractivity contribution in [3.05, 3.63) is 69.3 Å². The predicted octanol–water partition coefficient (Wildman–Crippen LogP) is 5.00. The number of carbonyl (C=O) groups is 3. The minimum absolute atomic E-state index is 0.0542. The molecule has 1 aliphatic rings. The number of hydrogen-bond donors (Lipinski definition) is 3. The lowest BCUT2D eigenvalue weighted by molar-refractivity contribution is -0.136. The number of fused-ring (bicyclic) bond motifs is 1. The third kappa shape index (κ3) is 5.64. The quantitative estimate of drug-likeness (QED) is 0.368. The molecule has 3 N–H and O–H groups in total. The molecule has 2 aromatic rings. The van der Waals surface area contributed by atoms with Gasteiger partial charge in [0.15, 0.2) is 0 Å². The van der Waals surface area contributed by atoms with Gasteiger partial charge in [0.1, 0.15) is 5.75 Å². The molecule has 3 rings (SSSR count). The highest BCUT2D eigenvalue weighted by Gasteiger charge is 2.36. The number of cyclic esters (lactones) is 1. The van der Waals surface area contributed by atoms with E-state index in [0.29, 0.717) is 46.0 Å². The van der Waals surface area contributed by atoms with Crippen molar-refractivity contribution in [1.29, 1.82) is 0 Å². The number of esters is 1. The Morgan fingerprint density at radius 2 is 2.00 bits per heavy atom. The molecule has 1 heterocycles. The zero-order valence-corrected chi connectivity index (χ0v) is 19.3. The summed E-state index contributed by atoms with van der Waals surface area (Å²) >= 11 is 6.08. The van der Waals surface area contributed by atoms with Crippen LogP contribution in [0.2, 0.25) is 5.02 Å². The molecule has 0 saturated heterocycles. The summed E-state index contributed by atoms with van der Waals surface area (Å²) in [6.45, 7) is 3.66. The fourth-order valence-corrected chi connectivity index (χ4v) is 3.87. The van der Waals surface area contributed by atoms with Crippen LogP contribution in [-0.4, -0.2) is 30.2 Å². The summed E-state index contributed by atoms with van der Waals surface area (Å²) in [6.07, 6.45) is 1.89. The summed E-state index contributed by atoms with van der Waals surface area (Å²) in [7, 11) is 1.53. The summed E-state index contributed by atoms with van der Waals surface area (Å²) < 4.78 is 11.0. The van der Waals surface area contributed by atoms with Gasteiger partial charge >= 0.3 is 18.0 Å². The largest absolute Gasteiger partial charge is 0.496 e. The lowest BCUT2D eigenvalue weighted by Gasteiger charge is -2.18. The number of carboxylic acids is 1. The minimum atomic E-state index is -0.981. The molecule has 174 valence electrons. The molecule has 2 aromatic carbocycles. The number of carbonyl (C=O) groups excluding carboxylic acids is 2. The molecule has 8 nitrogen and oxygen atoms in total. The molecule has 33 heavy (non-hydrogen) atoms. The SMILES string of the molecule is COc1c(CC=C(C)CCC(=O)O)cc2c(c1C)C(NC(=O)Nc1ccccc1Cl)OC2=O. The van der Waals surface area contributed by atoms with Crippen molar-refractivity contribution < 1.29 is 29.0 Å². The molecule has 0 aliphatic carbocycles. The molecule has 2 amide bonds. The summed E-state index contributed by atoms with van der Waals surface area (Å²) in [4.78, 5) is 35.8. The molecular formula is C24H25ClN2O6. The molecule has 0 aromatic heterocycles. The Morgan fingerprint density at radius 1 is 1.27 bits per heavy atom. The van der Waals surface area contributed by atoms with E-state index in [2.05, 4.69) is 10.6 Å². The Balaban J connectivity index is 1.82. The van der Waals surface area contributed by atoms with Crippen LogP contribution in [0.15, 0.2) is 42.0 Å². The van der Waals surface area contributed by atoms with E-state index in [0.717, 1.165) is 11.1 Å². The maximum absolute atomic E-state index is 12.6. The number of allylic oxidation sites excluding steroid dienone is 2. The smallest absolute Gasteiger partial charge is 0.340 e. The summed E-state index contributed by atoms with van der Waals surface area (Å²) in [5.74, 6) is -0.826. The number of hydrogen-bond acceptors (Lipinski definition) is 5. The van der Waals surface area contributed by atoms with E-state index in [9.17, 15) is 14.4 Å². The molecule has 1 atom stereocenters. The van der Waals surface area contributed by atoms with Gasteiger partial charge in [0.25, 0.3) is 0 Å². The number of halogens is 1. The van der Waals surface area contributed by atoms with Crippen molar-refractivity contribution in [3.8, 4) is 5.75 Å². The number of para-hydroxylation sites is 1. The Bertz CT molecular complexity index is 1130. The maximum Gasteiger partial charge on any atom is 0.340 e. The van der Waals surface area contributed by atoms with Crippen LogP contribution < -0.4 is 15.4 Å². The van der Waals surface area contributed by atoms with Crippen molar-refractivity contribution in [1.82, 2.24) is 5.32 Å². The highest BCUT2D eigenvalue weighted by Crippen LogP contribution is 2.39. The maximum atomic E-state index is 12.6. The van der Waals surface area contributed by atoms with E-state index in [1.54, 1.807) is 37.3 Å². The van der Waals surface area contributed by atoms with Gasteiger partial charge in [0.2, 0.25) is 6.23 Å². The Kier molecular flexibility index (Phi) is 7.60. The van der Waals surface area contributed by atoms with Crippen molar-refractivity contribution in [3.63, 3.8) is 0 Å². The van der Waals surface area contributed by atoms with Crippen LogP contribution in [0.25, 0.3) is 0 Å². The molecular weight excluding hydrogens is 448 g/mol. The van der Waals surface area contributed by atoms with Crippen LogP contribution >= 0.6 is 11.6 Å². The molecule has 0 fully saturated rings. The Labute approximate surface area is 196 Å². The van der Waals surface area contributed by atoms with Crippen molar-refractivity contribution in [2.45, 2.75) is 39.3 Å². The Hall–Kier alpha value is -3.52. The van der Waals surface area contributed by atoms with Crippen LogP contribution in [-0.2, 0) is 16.0 Å². The third-order valence-electron chi connectivity index (χ3n) is 5.34. The average Bonchev–Trinajstić information content (AvgIpc) is 3.07. The van der Waals surface area contributed by atoms with Gasteiger partial charge in [-0.3, -0.25) is 10.1 Å². The molecule has 1 unspecified atom stereocenters. The first-order valence-corrected chi connectivity index (χ1v) is 10.7. The van der Waals surface area contributed by atoms with E-state index in [4.69, 9.17) is 26.2 Å². The molecule has 0 bridgehead atoms. The highest BCUT2D eigenvalue weighted by molar-refractivity contribution is 6.33. The fraction of sp³-hybridized carbons (Fsp3) is 0.292. The van der Waals surface area contributed by atoms with Gasteiger partial charge in [-0.25, -0.2) is 9.59 Å². The number of urea groups is 1. The summed E-state index contributed by atoms with van der Waals surface area (Å²) in [6, 6.07) is 7.91. The topological polar surface area (TPSA) is 114 Å². The number of amides is 2. The van der Waals surface area contributed by atoms with Gasteiger partial charge in [-0.1, -0.05) is 35.4 Å². The number of anilines is 1. The normalized spacial score (nSPS) is 15.0. The molecule has 0 saturated carbocycles. The number of rotatable bonds is 8. The van der Waals surface area contributed by atoms with Gasteiger partial charge in [-0.15, -0.1) is 0 Å². The highest BCUT2D eigenvalue weighted by atomic mass is 35.5. The van der Waals surface area contributed by atoms with Crippen LogP contribution in [0.5, 0.6) is 5.75 Å². The lowest BCUT2D eigenvalue weighted by Crippen LogP contribution is -2.33. The number of aliphatic carboxylic acids is 1. The first kappa shape index (κ1) is 24.1. The zero-order chi connectivity index (χ0) is 24.1. The van der Waals surface area contributed by atoms with Gasteiger partial charge in [0, 0.05) is 17.5 Å². The van der Waals surface area contributed by atoms with E-state index < -0.39 is 24.2 Å². The van der Waals surface area contributed by atoms with E-state index in [-0.39, 0.29) is 6.42 Å². The van der Waals surface area contributed by atoms with Gasteiger partial charge in [0.05, 0.1) is 23.4 Å². The van der Waals surface area contributed by atoms with E-state index >= 15 is 0 Å². The third-order valence-corrected chi connectivity index (χ3v) is 5.67. The van der Waals surface area contributed by atoms with Crippen LogP contribution in [0, 0.1) is 6.92 Å². The summed E-state index contributed by atoms with van der Waals surface area (Å²) in [5, 5.41) is 14.5. The average molecular weight is 473 g/mol. The second-order valence-corrected chi connectivity index (χ2v) is 8.07. The van der Waals surface area contributed by atoms with Crippen molar-refractivity contribution >= 4 is 35.3 Å². The minimum Gasteiger partial charge on any atom is -0.496 e. The number of nitrogens with one attached hydrogen (secondary N) is 2. The second kappa shape index (κ2) is 10.4. The monoisotopic (exact) mass is 472 g/mol. The van der Waals surface area contributed by atoms with E-state index in [1.165, 1.54) is 7.11 Å². The zero-order valence-electron chi connectivity index (χ0n) is 18.5. The number of ether oxygens (including phenoxy) is 2. The van der Waals surface area contributed by atoms with Crippen molar-refractivity contribution in [2.75, 3.05) is 12.4 Å². The predicted molar refractivity (Wildman–Crippen MR) is 124 cm³/mol. The van der Waals surface area contributed by atoms with Crippen LogP contribution in [0.1, 0.15) is 53.0 Å². The number of methoxy groups -OCH3 is 1. The van der Waals surface area contributed by atoms with Gasteiger partial charge < -0.3 is 19.9 Å². The molecule has 0 spiro atoms. The first-order valence-electron chi connectivity index (χ1n) is 10.3. The molecule has 0 radical (unpaired) electrons. The summed E-state index contributed by atoms with van der Waals surface area (Å²) in [5.41, 5.74) is 3.67. The Morgan fingerprint density at radius 3 is 2.67 bits per heavy atom. The van der Waals surface area contributed by atoms with Crippen LogP contribution in [0.4, 0.5) is 10.5 Å². The van der Waals surface area contributed by atoms with Crippen LogP contribution in [0.3, 0.4) is 0 Å². The standard InChI is InChI=1S/C24H25ClN2O6/c1-13(9-11-19(28)29)8-10-15-12-16-20(14(2)21(15)32-3)22(33-23(16)30)27-24(31)26-18-7-5-4-6-17(18)25/h4-8,12,22H,9-11H2,1-3H3,(H,28,29)(H2,26,27,31). The lowest BCUT2D eigenvalue weighted by atomic mass is 9.95. The molecule has 9 heteroatoms. The fourth-order valence-electron chi connectivity index (χ4n) is 3.69. The second-order valence-electron chi connectivity index (χ2n) is 7.67. The number of benzene rings is 2. The first-order chi connectivity index (χ1) is 15.7. The van der Waals surface area contributed by atoms with E-state index in [1.807, 2.05) is 13.0 Å². The number of carboxylic acid groups (broad SMARTS) is 1. The van der Waals surface area contributed by atoms with Gasteiger partial charge in [-0.05, 0) is 50.5 Å². The van der Waals surface area contributed by atoms with Crippen molar-refractivity contribution in [2.24, 2.45) is 0 Å². The van der Waals surface area contributed by atoms with Gasteiger partial charge in [-0.2, -0.15) is 0 Å². The molecule has 1 aliphatic heterocycles.